The first-order valence-corrected chi connectivity index (χ1v) is 6.06. The van der Waals surface area contributed by atoms with Gasteiger partial charge in [0.2, 0.25) is 0 Å². The van der Waals surface area contributed by atoms with Crippen LogP contribution in [0.2, 0.25) is 0 Å². The van der Waals surface area contributed by atoms with Gasteiger partial charge in [0.05, 0.1) is 0 Å². The molecule has 0 saturated carbocycles. The maximum Gasteiger partial charge on any atom is 0.422 e. The highest BCUT2D eigenvalue weighted by atomic mass is 19.4. The Bertz CT molecular complexity index is 417. The smallest absolute Gasteiger partial charge is 0.422 e. The molecule has 100 valence electrons. The molecular formula is C13H16F3NO. The van der Waals surface area contributed by atoms with Gasteiger partial charge in [-0.1, -0.05) is 19.1 Å². The summed E-state index contributed by atoms with van der Waals surface area (Å²) in [7, 11) is 0. The molecule has 2 rings (SSSR count). The van der Waals surface area contributed by atoms with Crippen LogP contribution in [0.15, 0.2) is 18.2 Å². The van der Waals surface area contributed by atoms with Crippen molar-refractivity contribution in [3.63, 3.8) is 0 Å². The number of benzene rings is 1. The number of halogens is 3. The van der Waals surface area contributed by atoms with Crippen LogP contribution in [0.1, 0.15) is 30.5 Å². The Morgan fingerprint density at radius 3 is 2.83 bits per heavy atom. The van der Waals surface area contributed by atoms with Crippen LogP contribution in [-0.2, 0) is 6.42 Å². The minimum absolute atomic E-state index is 0.236. The molecule has 0 saturated heterocycles. The normalized spacial score (nSPS) is 18.8. The number of hydrogen-bond acceptors (Lipinski definition) is 2. The molecule has 18 heavy (non-hydrogen) atoms. The van der Waals surface area contributed by atoms with Crippen molar-refractivity contribution in [3.05, 3.63) is 29.3 Å². The van der Waals surface area contributed by atoms with Gasteiger partial charge in [-0.25, -0.2) is 0 Å². The van der Waals surface area contributed by atoms with E-state index in [4.69, 9.17) is 4.74 Å². The molecule has 5 heteroatoms. The Morgan fingerprint density at radius 2 is 2.17 bits per heavy atom. The minimum Gasteiger partial charge on any atom is -0.484 e. The van der Waals surface area contributed by atoms with Gasteiger partial charge in [0.25, 0.3) is 0 Å². The molecule has 1 aromatic rings. The molecular weight excluding hydrogens is 243 g/mol. The molecule has 0 amide bonds. The van der Waals surface area contributed by atoms with Crippen LogP contribution in [0.4, 0.5) is 13.2 Å². The molecule has 1 unspecified atom stereocenters. The summed E-state index contributed by atoms with van der Waals surface area (Å²) in [6.45, 7) is 1.63. The predicted molar refractivity (Wildman–Crippen MR) is 62.7 cm³/mol. The minimum atomic E-state index is -4.29. The molecule has 0 heterocycles. The largest absolute Gasteiger partial charge is 0.484 e. The average Bonchev–Trinajstić information content (AvgIpc) is 2.70. The topological polar surface area (TPSA) is 21.3 Å². The molecule has 1 aliphatic carbocycles. The first-order chi connectivity index (χ1) is 8.51. The van der Waals surface area contributed by atoms with E-state index in [1.54, 1.807) is 12.1 Å². The van der Waals surface area contributed by atoms with E-state index >= 15 is 0 Å². The van der Waals surface area contributed by atoms with E-state index in [0.29, 0.717) is 5.75 Å². The van der Waals surface area contributed by atoms with Crippen molar-refractivity contribution in [3.8, 4) is 5.75 Å². The lowest BCUT2D eigenvalue weighted by Gasteiger charge is -2.15. The van der Waals surface area contributed by atoms with Crippen molar-refractivity contribution in [1.82, 2.24) is 5.32 Å². The first kappa shape index (κ1) is 13.2. The van der Waals surface area contributed by atoms with Crippen LogP contribution in [0.5, 0.6) is 5.75 Å². The predicted octanol–water partition coefficient (Wildman–Crippen LogP) is 3.22. The Balaban J connectivity index is 2.14. The SMILES string of the molecule is CCNC1CCc2c(OCC(F)(F)F)cccc21. The summed E-state index contributed by atoms with van der Waals surface area (Å²) in [5.41, 5.74) is 1.98. The highest BCUT2D eigenvalue weighted by Crippen LogP contribution is 2.37. The van der Waals surface area contributed by atoms with Crippen LogP contribution in [0.3, 0.4) is 0 Å². The lowest BCUT2D eigenvalue weighted by molar-refractivity contribution is -0.153. The van der Waals surface area contributed by atoms with E-state index in [1.807, 2.05) is 13.0 Å². The number of rotatable bonds is 4. The van der Waals surface area contributed by atoms with E-state index in [0.717, 1.165) is 30.5 Å². The van der Waals surface area contributed by atoms with Gasteiger partial charge in [-0.2, -0.15) is 13.2 Å². The van der Waals surface area contributed by atoms with Gasteiger partial charge < -0.3 is 10.1 Å². The van der Waals surface area contributed by atoms with Crippen LogP contribution in [0, 0.1) is 0 Å². The van der Waals surface area contributed by atoms with Crippen molar-refractivity contribution in [2.24, 2.45) is 0 Å². The van der Waals surface area contributed by atoms with Gasteiger partial charge in [0.15, 0.2) is 6.61 Å². The number of nitrogens with one attached hydrogen (secondary N) is 1. The summed E-state index contributed by atoms with van der Waals surface area (Å²) in [6, 6.07) is 5.55. The molecule has 0 aliphatic heterocycles. The van der Waals surface area contributed by atoms with Crippen LogP contribution in [-0.4, -0.2) is 19.3 Å². The number of ether oxygens (including phenoxy) is 1. The lowest BCUT2D eigenvalue weighted by Crippen LogP contribution is -2.20. The fourth-order valence-electron chi connectivity index (χ4n) is 2.37. The summed E-state index contributed by atoms with van der Waals surface area (Å²) >= 11 is 0. The van der Waals surface area contributed by atoms with Gasteiger partial charge in [-0.3, -0.25) is 0 Å². The van der Waals surface area contributed by atoms with Crippen molar-refractivity contribution in [2.75, 3.05) is 13.2 Å². The number of hydrogen-bond donors (Lipinski definition) is 1. The molecule has 0 spiro atoms. The van der Waals surface area contributed by atoms with Crippen molar-refractivity contribution in [2.45, 2.75) is 32.0 Å². The molecule has 1 N–H and O–H groups in total. The van der Waals surface area contributed by atoms with E-state index in [9.17, 15) is 13.2 Å². The molecule has 1 atom stereocenters. The molecule has 0 radical (unpaired) electrons. The Morgan fingerprint density at radius 1 is 1.39 bits per heavy atom. The lowest BCUT2D eigenvalue weighted by atomic mass is 10.1. The van der Waals surface area contributed by atoms with Crippen LogP contribution >= 0.6 is 0 Å². The third kappa shape index (κ3) is 2.96. The third-order valence-corrected chi connectivity index (χ3v) is 3.07. The van der Waals surface area contributed by atoms with E-state index in [-0.39, 0.29) is 6.04 Å². The Hall–Kier alpha value is -1.23. The summed E-state index contributed by atoms with van der Waals surface area (Å²) in [4.78, 5) is 0. The highest BCUT2D eigenvalue weighted by Gasteiger charge is 2.30. The summed E-state index contributed by atoms with van der Waals surface area (Å²) in [5, 5.41) is 3.32. The zero-order chi connectivity index (χ0) is 13.2. The maximum atomic E-state index is 12.2. The molecule has 0 bridgehead atoms. The molecule has 1 aliphatic rings. The summed E-state index contributed by atoms with van der Waals surface area (Å²) < 4.78 is 41.3. The van der Waals surface area contributed by atoms with Crippen molar-refractivity contribution < 1.29 is 17.9 Å². The van der Waals surface area contributed by atoms with Gasteiger partial charge in [-0.15, -0.1) is 0 Å². The average molecular weight is 259 g/mol. The molecule has 0 aromatic heterocycles. The maximum absolute atomic E-state index is 12.2. The standard InChI is InChI=1S/C13H16F3NO/c1-2-17-11-7-6-10-9(11)4-3-5-12(10)18-8-13(14,15)16/h3-5,11,17H,2,6-8H2,1H3. The van der Waals surface area contributed by atoms with Crippen molar-refractivity contribution >= 4 is 0 Å². The highest BCUT2D eigenvalue weighted by molar-refractivity contribution is 5.45. The van der Waals surface area contributed by atoms with E-state index in [1.165, 1.54) is 0 Å². The van der Waals surface area contributed by atoms with E-state index in [2.05, 4.69) is 5.32 Å². The van der Waals surface area contributed by atoms with Gasteiger partial charge in [0.1, 0.15) is 5.75 Å². The number of fused-ring (bicyclic) bond motifs is 1. The molecule has 0 fully saturated rings. The second kappa shape index (κ2) is 5.18. The Kier molecular flexibility index (Phi) is 3.80. The van der Waals surface area contributed by atoms with Crippen LogP contribution < -0.4 is 10.1 Å². The quantitative estimate of drug-likeness (QED) is 0.896. The second-order valence-corrected chi connectivity index (χ2v) is 4.38. The second-order valence-electron chi connectivity index (χ2n) is 4.38. The summed E-state index contributed by atoms with van der Waals surface area (Å²) in [5.74, 6) is 0.366. The summed E-state index contributed by atoms with van der Waals surface area (Å²) in [6.07, 6.45) is -2.61. The number of alkyl halides is 3. The fraction of sp³-hybridized carbons (Fsp3) is 0.538. The van der Waals surface area contributed by atoms with Gasteiger partial charge >= 0.3 is 6.18 Å². The van der Waals surface area contributed by atoms with Gasteiger partial charge in [-0.05, 0) is 36.6 Å². The third-order valence-electron chi connectivity index (χ3n) is 3.07. The van der Waals surface area contributed by atoms with Crippen molar-refractivity contribution in [1.29, 1.82) is 0 Å². The van der Waals surface area contributed by atoms with E-state index < -0.39 is 12.8 Å². The zero-order valence-corrected chi connectivity index (χ0v) is 10.2. The van der Waals surface area contributed by atoms with Crippen LogP contribution in [0.25, 0.3) is 0 Å². The molecule has 2 nitrogen and oxygen atoms in total. The van der Waals surface area contributed by atoms with Gasteiger partial charge in [0, 0.05) is 6.04 Å². The fourth-order valence-corrected chi connectivity index (χ4v) is 2.37. The monoisotopic (exact) mass is 259 g/mol. The first-order valence-electron chi connectivity index (χ1n) is 6.06. The Labute approximate surface area is 104 Å². The molecule has 1 aromatic carbocycles. The zero-order valence-electron chi connectivity index (χ0n) is 10.2.